The van der Waals surface area contributed by atoms with Gasteiger partial charge >= 0.3 is 0 Å². The molecule has 1 N–H and O–H groups in total. The second-order valence-electron chi connectivity index (χ2n) is 6.69. The Balaban J connectivity index is 1.53. The van der Waals surface area contributed by atoms with Gasteiger partial charge in [0.15, 0.2) is 0 Å². The third-order valence-electron chi connectivity index (χ3n) is 4.98. The van der Waals surface area contributed by atoms with Crippen LogP contribution in [0.25, 0.3) is 0 Å². The number of aromatic nitrogens is 1. The summed E-state index contributed by atoms with van der Waals surface area (Å²) in [6.07, 6.45) is 2.46. The monoisotopic (exact) mass is 357 g/mol. The number of rotatable bonds is 5. The molecule has 1 atom stereocenters. The molecule has 1 amide bonds. The molecule has 0 radical (unpaired) electrons. The van der Waals surface area contributed by atoms with Crippen LogP contribution in [0.2, 0.25) is 0 Å². The minimum Gasteiger partial charge on any atom is -0.388 e. The molecule has 3 rings (SSSR count). The normalized spacial score (nSPS) is 16.3. The molecule has 2 aromatic rings. The number of carbonyl (C=O) groups is 1. The lowest BCUT2D eigenvalue weighted by atomic mass is 10.0. The van der Waals surface area contributed by atoms with E-state index in [-0.39, 0.29) is 18.4 Å². The third-order valence-corrected chi connectivity index (χ3v) is 4.98. The van der Waals surface area contributed by atoms with E-state index in [1.165, 1.54) is 18.2 Å². The van der Waals surface area contributed by atoms with Crippen molar-refractivity contribution in [1.29, 1.82) is 0 Å². The summed E-state index contributed by atoms with van der Waals surface area (Å²) in [5.41, 5.74) is 0.428. The van der Waals surface area contributed by atoms with Crippen molar-refractivity contribution < 1.29 is 14.3 Å². The van der Waals surface area contributed by atoms with Crippen molar-refractivity contribution in [3.63, 3.8) is 0 Å². The Kier molecular flexibility index (Phi) is 5.83. The van der Waals surface area contributed by atoms with E-state index in [0.717, 1.165) is 31.7 Å². The highest BCUT2D eigenvalue weighted by Crippen LogP contribution is 2.23. The van der Waals surface area contributed by atoms with Crippen LogP contribution in [0, 0.1) is 5.82 Å². The Bertz CT molecular complexity index is 733. The zero-order chi connectivity index (χ0) is 18.5. The van der Waals surface area contributed by atoms with E-state index in [0.29, 0.717) is 5.56 Å². The quantitative estimate of drug-likeness (QED) is 0.894. The minimum absolute atomic E-state index is 0.0413. The van der Waals surface area contributed by atoms with Crippen molar-refractivity contribution in [2.45, 2.75) is 31.4 Å². The average molecular weight is 357 g/mol. The zero-order valence-electron chi connectivity index (χ0n) is 14.9. The first-order chi connectivity index (χ1) is 12.5. The van der Waals surface area contributed by atoms with Crippen LogP contribution in [0.4, 0.5) is 10.2 Å². The van der Waals surface area contributed by atoms with Crippen molar-refractivity contribution >= 4 is 11.7 Å². The van der Waals surface area contributed by atoms with Gasteiger partial charge in [-0.25, -0.2) is 9.37 Å². The van der Waals surface area contributed by atoms with Gasteiger partial charge in [-0.3, -0.25) is 4.79 Å². The summed E-state index contributed by atoms with van der Waals surface area (Å²) in [6.45, 7) is 1.68. The third kappa shape index (κ3) is 4.38. The summed E-state index contributed by atoms with van der Waals surface area (Å²) in [5, 5.41) is 10.2. The summed E-state index contributed by atoms with van der Waals surface area (Å²) in [4.78, 5) is 20.8. The van der Waals surface area contributed by atoms with Crippen molar-refractivity contribution in [3.8, 4) is 0 Å². The van der Waals surface area contributed by atoms with Crippen LogP contribution >= 0.6 is 0 Å². The van der Waals surface area contributed by atoms with Crippen LogP contribution in [0.3, 0.4) is 0 Å². The zero-order valence-corrected chi connectivity index (χ0v) is 14.9. The molecule has 6 heteroatoms. The Morgan fingerprint density at radius 3 is 2.73 bits per heavy atom. The largest absolute Gasteiger partial charge is 0.388 e. The summed E-state index contributed by atoms with van der Waals surface area (Å²) >= 11 is 0. The Morgan fingerprint density at radius 2 is 2.08 bits per heavy atom. The van der Waals surface area contributed by atoms with Gasteiger partial charge in [0, 0.05) is 32.4 Å². The molecule has 0 spiro atoms. The molecule has 1 aliphatic rings. The lowest BCUT2D eigenvalue weighted by molar-refractivity contribution is -0.134. The molecule has 1 aromatic heterocycles. The van der Waals surface area contributed by atoms with E-state index >= 15 is 0 Å². The fourth-order valence-electron chi connectivity index (χ4n) is 3.37. The number of pyridine rings is 1. The van der Waals surface area contributed by atoms with Gasteiger partial charge in [0.05, 0.1) is 12.5 Å². The summed E-state index contributed by atoms with van der Waals surface area (Å²) in [7, 11) is 1.78. The Hall–Kier alpha value is -2.47. The fraction of sp³-hybridized carbons (Fsp3) is 0.400. The molecule has 138 valence electrons. The highest BCUT2D eigenvalue weighted by Gasteiger charge is 2.27. The van der Waals surface area contributed by atoms with Crippen molar-refractivity contribution in [3.05, 3.63) is 60.0 Å². The van der Waals surface area contributed by atoms with Gasteiger partial charge in [0.25, 0.3) is 0 Å². The summed E-state index contributed by atoms with van der Waals surface area (Å²) < 4.78 is 13.3. The van der Waals surface area contributed by atoms with Crippen LogP contribution in [-0.4, -0.2) is 47.1 Å². The molecule has 1 fully saturated rings. The van der Waals surface area contributed by atoms with Crippen LogP contribution in [0.1, 0.15) is 30.9 Å². The molecule has 1 unspecified atom stereocenters. The van der Waals surface area contributed by atoms with Crippen LogP contribution in [0.5, 0.6) is 0 Å². The maximum atomic E-state index is 13.3. The maximum Gasteiger partial charge on any atom is 0.225 e. The van der Waals surface area contributed by atoms with Crippen molar-refractivity contribution in [2.75, 3.05) is 25.0 Å². The van der Waals surface area contributed by atoms with Crippen LogP contribution in [0.15, 0.2) is 48.7 Å². The van der Waals surface area contributed by atoms with Crippen LogP contribution in [-0.2, 0) is 4.79 Å². The molecule has 0 saturated carbocycles. The van der Waals surface area contributed by atoms with Crippen molar-refractivity contribution in [2.24, 2.45) is 0 Å². The average Bonchev–Trinajstić information content (AvgIpc) is 2.68. The number of halogens is 1. The number of aliphatic hydroxyl groups excluding tert-OH is 1. The second-order valence-corrected chi connectivity index (χ2v) is 6.69. The topological polar surface area (TPSA) is 56.7 Å². The summed E-state index contributed by atoms with van der Waals surface area (Å²) in [6, 6.07) is 11.8. The first-order valence-electron chi connectivity index (χ1n) is 8.90. The number of anilines is 1. The summed E-state index contributed by atoms with van der Waals surface area (Å²) in [5.74, 6) is 0.420. The second kappa shape index (κ2) is 8.27. The maximum absolute atomic E-state index is 13.3. The smallest absolute Gasteiger partial charge is 0.225 e. The highest BCUT2D eigenvalue weighted by atomic mass is 19.1. The number of nitrogens with zero attached hydrogens (tertiary/aromatic N) is 3. The number of amides is 1. The fourth-order valence-corrected chi connectivity index (χ4v) is 3.37. The first-order valence-corrected chi connectivity index (χ1v) is 8.90. The Morgan fingerprint density at radius 1 is 1.31 bits per heavy atom. The Labute approximate surface area is 153 Å². The number of benzene rings is 1. The van der Waals surface area contributed by atoms with Gasteiger partial charge in [0.2, 0.25) is 5.91 Å². The molecule has 2 heterocycles. The SMILES string of the molecule is CN(C(=O)CC(O)c1cccc(F)c1)C1CCN(c2ccccn2)CC1. The van der Waals surface area contributed by atoms with Gasteiger partial charge in [0.1, 0.15) is 11.6 Å². The first kappa shape index (κ1) is 18.3. The van der Waals surface area contributed by atoms with E-state index < -0.39 is 11.9 Å². The lowest BCUT2D eigenvalue weighted by Crippen LogP contribution is -2.46. The number of piperidine rings is 1. The predicted octanol–water partition coefficient (Wildman–Crippen LogP) is 2.77. The van der Waals surface area contributed by atoms with E-state index in [1.807, 2.05) is 18.2 Å². The molecular formula is C20H24FN3O2. The molecule has 1 saturated heterocycles. The van der Waals surface area contributed by atoms with Crippen molar-refractivity contribution in [1.82, 2.24) is 9.88 Å². The van der Waals surface area contributed by atoms with Gasteiger partial charge in [-0.2, -0.15) is 0 Å². The van der Waals surface area contributed by atoms with Gasteiger partial charge in [-0.15, -0.1) is 0 Å². The highest BCUT2D eigenvalue weighted by molar-refractivity contribution is 5.77. The number of hydrogen-bond donors (Lipinski definition) is 1. The van der Waals surface area contributed by atoms with E-state index in [4.69, 9.17) is 0 Å². The van der Waals surface area contributed by atoms with E-state index in [1.54, 1.807) is 24.2 Å². The standard InChI is InChI=1S/C20H24FN3O2/c1-23(20(26)14-18(25)15-5-4-6-16(21)13-15)17-8-11-24(12-9-17)19-7-2-3-10-22-19/h2-7,10,13,17-18,25H,8-9,11-12,14H2,1H3. The predicted molar refractivity (Wildman–Crippen MR) is 98.2 cm³/mol. The minimum atomic E-state index is -0.991. The van der Waals surface area contributed by atoms with Gasteiger partial charge in [-0.1, -0.05) is 18.2 Å². The number of hydrogen-bond acceptors (Lipinski definition) is 4. The van der Waals surface area contributed by atoms with Crippen LogP contribution < -0.4 is 4.90 Å². The van der Waals surface area contributed by atoms with Gasteiger partial charge < -0.3 is 14.9 Å². The van der Waals surface area contributed by atoms with E-state index in [2.05, 4.69) is 9.88 Å². The molecule has 1 aliphatic heterocycles. The number of aliphatic hydroxyl groups is 1. The number of carbonyl (C=O) groups excluding carboxylic acids is 1. The molecule has 26 heavy (non-hydrogen) atoms. The molecular weight excluding hydrogens is 333 g/mol. The van der Waals surface area contributed by atoms with E-state index in [9.17, 15) is 14.3 Å². The van der Waals surface area contributed by atoms with Gasteiger partial charge in [-0.05, 0) is 42.7 Å². The lowest BCUT2D eigenvalue weighted by Gasteiger charge is -2.37. The molecule has 5 nitrogen and oxygen atoms in total. The molecule has 0 bridgehead atoms. The molecule has 0 aliphatic carbocycles. The molecule has 1 aromatic carbocycles.